The van der Waals surface area contributed by atoms with Gasteiger partial charge in [0.2, 0.25) is 5.91 Å². The molecule has 0 spiro atoms. The molecule has 1 aliphatic rings. The second-order valence-electron chi connectivity index (χ2n) is 6.11. The number of benzene rings is 2. The smallest absolute Gasteiger partial charge is 0.315 e. The number of amides is 3. The Morgan fingerprint density at radius 1 is 1.08 bits per heavy atom. The number of carbonyl (C=O) groups is 2. The van der Waals surface area contributed by atoms with Crippen LogP contribution >= 0.6 is 11.6 Å². The molecule has 6 heteroatoms. The normalized spacial score (nSPS) is 16.8. The van der Waals surface area contributed by atoms with Crippen LogP contribution in [0.1, 0.15) is 17.5 Å². The van der Waals surface area contributed by atoms with Gasteiger partial charge >= 0.3 is 6.03 Å². The van der Waals surface area contributed by atoms with Crippen molar-refractivity contribution in [3.8, 4) is 0 Å². The highest BCUT2D eigenvalue weighted by Gasteiger charge is 2.30. The van der Waals surface area contributed by atoms with Crippen molar-refractivity contribution in [1.29, 1.82) is 0 Å². The van der Waals surface area contributed by atoms with Crippen LogP contribution in [0.3, 0.4) is 0 Å². The van der Waals surface area contributed by atoms with Gasteiger partial charge in [0.05, 0.1) is 6.04 Å². The molecule has 1 atom stereocenters. The largest absolute Gasteiger partial charge is 0.336 e. The fourth-order valence-electron chi connectivity index (χ4n) is 2.85. The van der Waals surface area contributed by atoms with Gasteiger partial charge in [-0.05, 0) is 23.3 Å². The first kappa shape index (κ1) is 17.3. The van der Waals surface area contributed by atoms with Gasteiger partial charge in [-0.3, -0.25) is 4.79 Å². The molecule has 3 amide bonds. The molecular weight excluding hydrogens is 338 g/mol. The molecule has 2 N–H and O–H groups in total. The summed E-state index contributed by atoms with van der Waals surface area (Å²) in [5, 5.41) is 6.33. The van der Waals surface area contributed by atoms with Gasteiger partial charge in [0.15, 0.2) is 0 Å². The number of likely N-dealkylation sites (tertiary alicyclic amines) is 1. The molecule has 2 aromatic rings. The summed E-state index contributed by atoms with van der Waals surface area (Å²) in [6, 6.07) is 16.7. The van der Waals surface area contributed by atoms with Crippen LogP contribution in [0.25, 0.3) is 0 Å². The molecule has 1 unspecified atom stereocenters. The van der Waals surface area contributed by atoms with E-state index in [1.165, 1.54) is 0 Å². The molecule has 0 radical (unpaired) electrons. The second-order valence-corrected chi connectivity index (χ2v) is 6.55. The summed E-state index contributed by atoms with van der Waals surface area (Å²) in [5.74, 6) is 0.0619. The lowest BCUT2D eigenvalue weighted by Crippen LogP contribution is -2.43. The van der Waals surface area contributed by atoms with Crippen molar-refractivity contribution in [2.75, 3.05) is 6.54 Å². The van der Waals surface area contributed by atoms with Crippen molar-refractivity contribution < 1.29 is 9.59 Å². The molecule has 1 aliphatic heterocycles. The van der Waals surface area contributed by atoms with Gasteiger partial charge in [-0.25, -0.2) is 4.79 Å². The van der Waals surface area contributed by atoms with E-state index in [1.54, 1.807) is 17.0 Å². The van der Waals surface area contributed by atoms with Crippen molar-refractivity contribution in [2.24, 2.45) is 0 Å². The lowest BCUT2D eigenvalue weighted by atomic mass is 10.2. The van der Waals surface area contributed by atoms with Crippen LogP contribution in [0.15, 0.2) is 54.6 Å². The van der Waals surface area contributed by atoms with Crippen LogP contribution in [-0.2, 0) is 17.9 Å². The van der Waals surface area contributed by atoms with Gasteiger partial charge in [-0.1, -0.05) is 54.1 Å². The van der Waals surface area contributed by atoms with Crippen molar-refractivity contribution in [2.45, 2.75) is 25.6 Å². The lowest BCUT2D eigenvalue weighted by Gasteiger charge is -2.17. The molecule has 0 aliphatic carbocycles. The third kappa shape index (κ3) is 4.97. The number of urea groups is 1. The number of rotatable bonds is 5. The Morgan fingerprint density at radius 3 is 2.52 bits per heavy atom. The predicted molar refractivity (Wildman–Crippen MR) is 97.1 cm³/mol. The Bertz CT molecular complexity index is 734. The minimum Gasteiger partial charge on any atom is -0.336 e. The monoisotopic (exact) mass is 357 g/mol. The minimum absolute atomic E-state index is 0.0619. The van der Waals surface area contributed by atoms with Gasteiger partial charge in [0.25, 0.3) is 0 Å². The van der Waals surface area contributed by atoms with Crippen LogP contribution < -0.4 is 10.6 Å². The van der Waals surface area contributed by atoms with Crippen molar-refractivity contribution in [1.82, 2.24) is 15.5 Å². The Kier molecular flexibility index (Phi) is 5.56. The molecule has 25 heavy (non-hydrogen) atoms. The zero-order chi connectivity index (χ0) is 17.6. The van der Waals surface area contributed by atoms with E-state index in [0.717, 1.165) is 11.1 Å². The van der Waals surface area contributed by atoms with Crippen LogP contribution in [0.5, 0.6) is 0 Å². The highest BCUT2D eigenvalue weighted by molar-refractivity contribution is 6.30. The third-order valence-electron chi connectivity index (χ3n) is 4.13. The van der Waals surface area contributed by atoms with Gasteiger partial charge in [-0.2, -0.15) is 0 Å². The number of nitrogens with one attached hydrogen (secondary N) is 2. The van der Waals surface area contributed by atoms with Gasteiger partial charge in [0, 0.05) is 31.1 Å². The molecule has 1 heterocycles. The van der Waals surface area contributed by atoms with Crippen molar-refractivity contribution in [3.63, 3.8) is 0 Å². The Hall–Kier alpha value is -2.53. The molecule has 0 aromatic heterocycles. The quantitative estimate of drug-likeness (QED) is 0.864. The molecule has 0 saturated carbocycles. The van der Waals surface area contributed by atoms with E-state index in [9.17, 15) is 9.59 Å². The molecule has 0 bridgehead atoms. The van der Waals surface area contributed by atoms with E-state index in [2.05, 4.69) is 10.6 Å². The van der Waals surface area contributed by atoms with Gasteiger partial charge < -0.3 is 15.5 Å². The second kappa shape index (κ2) is 8.03. The highest BCUT2D eigenvalue weighted by atomic mass is 35.5. The summed E-state index contributed by atoms with van der Waals surface area (Å²) in [6.45, 7) is 1.52. The molecular formula is C19H20ClN3O2. The molecule has 130 valence electrons. The summed E-state index contributed by atoms with van der Waals surface area (Å²) >= 11 is 5.84. The number of halogens is 1. The molecule has 1 saturated heterocycles. The van der Waals surface area contributed by atoms with Crippen molar-refractivity contribution in [3.05, 3.63) is 70.7 Å². The van der Waals surface area contributed by atoms with Crippen LogP contribution in [0.4, 0.5) is 4.79 Å². The zero-order valence-corrected chi connectivity index (χ0v) is 14.5. The minimum atomic E-state index is -0.269. The van der Waals surface area contributed by atoms with E-state index in [0.29, 0.717) is 31.1 Å². The summed E-state index contributed by atoms with van der Waals surface area (Å²) in [6.07, 6.45) is 0.335. The van der Waals surface area contributed by atoms with Crippen LogP contribution in [-0.4, -0.2) is 29.4 Å². The molecule has 5 nitrogen and oxygen atoms in total. The maximum Gasteiger partial charge on any atom is 0.315 e. The SMILES string of the molecule is O=C(NCc1ccc(Cl)cc1)NC1CC(=O)N(Cc2ccccc2)C1. The van der Waals surface area contributed by atoms with E-state index < -0.39 is 0 Å². The predicted octanol–water partition coefficient (Wildman–Crippen LogP) is 2.94. The number of hydrogen-bond acceptors (Lipinski definition) is 2. The number of nitrogens with zero attached hydrogens (tertiary/aromatic N) is 1. The number of hydrogen-bond donors (Lipinski definition) is 2. The summed E-state index contributed by atoms with van der Waals surface area (Å²) in [7, 11) is 0. The number of carbonyl (C=O) groups excluding carboxylic acids is 2. The first-order chi connectivity index (χ1) is 12.1. The maximum atomic E-state index is 12.1. The van der Waals surface area contributed by atoms with Crippen LogP contribution in [0.2, 0.25) is 5.02 Å². The average molecular weight is 358 g/mol. The standard InChI is InChI=1S/C19H20ClN3O2/c20-16-8-6-14(7-9-16)11-21-19(25)22-17-10-18(24)23(13-17)12-15-4-2-1-3-5-15/h1-9,17H,10-13H2,(H2,21,22,25). The topological polar surface area (TPSA) is 61.4 Å². The first-order valence-corrected chi connectivity index (χ1v) is 8.58. The third-order valence-corrected chi connectivity index (χ3v) is 4.38. The molecule has 2 aromatic carbocycles. The van der Waals surface area contributed by atoms with Gasteiger partial charge in [-0.15, -0.1) is 0 Å². The zero-order valence-electron chi connectivity index (χ0n) is 13.7. The maximum absolute atomic E-state index is 12.1. The average Bonchev–Trinajstić information content (AvgIpc) is 2.94. The fraction of sp³-hybridized carbons (Fsp3) is 0.263. The Labute approximate surface area is 152 Å². The Morgan fingerprint density at radius 2 is 1.80 bits per heavy atom. The van der Waals surface area contributed by atoms with E-state index in [4.69, 9.17) is 11.6 Å². The lowest BCUT2D eigenvalue weighted by molar-refractivity contribution is -0.128. The summed E-state index contributed by atoms with van der Waals surface area (Å²) < 4.78 is 0. The van der Waals surface area contributed by atoms with E-state index >= 15 is 0 Å². The highest BCUT2D eigenvalue weighted by Crippen LogP contribution is 2.15. The van der Waals surface area contributed by atoms with E-state index in [1.807, 2.05) is 42.5 Å². The Balaban J connectivity index is 1.46. The summed E-state index contributed by atoms with van der Waals surface area (Å²) in [5.41, 5.74) is 2.05. The van der Waals surface area contributed by atoms with Crippen molar-refractivity contribution >= 4 is 23.5 Å². The van der Waals surface area contributed by atoms with E-state index in [-0.39, 0.29) is 18.0 Å². The summed E-state index contributed by atoms with van der Waals surface area (Å²) in [4.78, 5) is 25.9. The van der Waals surface area contributed by atoms with Crippen LogP contribution in [0, 0.1) is 0 Å². The fourth-order valence-corrected chi connectivity index (χ4v) is 2.97. The molecule has 3 rings (SSSR count). The molecule has 1 fully saturated rings. The van der Waals surface area contributed by atoms with Gasteiger partial charge in [0.1, 0.15) is 0 Å². The first-order valence-electron chi connectivity index (χ1n) is 8.20.